The molecule has 0 unspecified atom stereocenters. The molecule has 2 aliphatic rings. The van der Waals surface area contributed by atoms with Gasteiger partial charge in [0.2, 0.25) is 0 Å². The first-order valence-electron chi connectivity index (χ1n) is 8.18. The molecule has 1 aliphatic carbocycles. The van der Waals surface area contributed by atoms with Gasteiger partial charge < -0.3 is 5.32 Å². The van der Waals surface area contributed by atoms with E-state index < -0.39 is 22.8 Å². The summed E-state index contributed by atoms with van der Waals surface area (Å²) in [7, 11) is 2.91. The number of aromatic nitrogens is 2. The van der Waals surface area contributed by atoms with Crippen LogP contribution in [0.4, 0.5) is 4.79 Å². The van der Waals surface area contributed by atoms with Crippen molar-refractivity contribution in [1.82, 2.24) is 19.4 Å². The fourth-order valence-electron chi connectivity index (χ4n) is 3.73. The Balaban J connectivity index is 1.94. The predicted molar refractivity (Wildman–Crippen MR) is 86.4 cm³/mol. The van der Waals surface area contributed by atoms with Crippen molar-refractivity contribution < 1.29 is 9.59 Å². The summed E-state index contributed by atoms with van der Waals surface area (Å²) in [6.07, 6.45) is 3.47. The second-order valence-electron chi connectivity index (χ2n) is 6.81. The molecule has 2 fully saturated rings. The van der Waals surface area contributed by atoms with Gasteiger partial charge in [0.1, 0.15) is 5.54 Å². The normalized spacial score (nSPS) is 27.0. The van der Waals surface area contributed by atoms with Crippen LogP contribution >= 0.6 is 0 Å². The molecule has 1 saturated heterocycles. The number of amides is 3. The Kier molecular flexibility index (Phi) is 3.85. The van der Waals surface area contributed by atoms with Gasteiger partial charge in [0, 0.05) is 25.9 Å². The molecule has 8 nitrogen and oxygen atoms in total. The third kappa shape index (κ3) is 2.28. The fraction of sp³-hybridized carbons (Fsp3) is 0.625. The minimum absolute atomic E-state index is 0.0696. The highest BCUT2D eigenvalue weighted by atomic mass is 16.2. The summed E-state index contributed by atoms with van der Waals surface area (Å²) in [4.78, 5) is 50.3. The van der Waals surface area contributed by atoms with Crippen LogP contribution in [-0.4, -0.2) is 31.5 Å². The van der Waals surface area contributed by atoms with Gasteiger partial charge in [0.15, 0.2) is 0 Å². The molecule has 2 heterocycles. The highest BCUT2D eigenvalue weighted by Crippen LogP contribution is 2.38. The second kappa shape index (κ2) is 5.61. The van der Waals surface area contributed by atoms with E-state index in [0.717, 1.165) is 28.7 Å². The summed E-state index contributed by atoms with van der Waals surface area (Å²) in [5.74, 6) is -0.187. The molecule has 3 rings (SSSR count). The summed E-state index contributed by atoms with van der Waals surface area (Å²) in [6, 6.07) is 0.832. The van der Waals surface area contributed by atoms with Crippen molar-refractivity contribution in [2.75, 3.05) is 0 Å². The molecule has 1 spiro atoms. The summed E-state index contributed by atoms with van der Waals surface area (Å²) < 4.78 is 2.28. The smallest absolute Gasteiger partial charge is 0.323 e. The summed E-state index contributed by atoms with van der Waals surface area (Å²) in [5, 5.41) is 2.87. The third-order valence-electron chi connectivity index (χ3n) is 5.45. The molecular weight excluding hydrogens is 312 g/mol. The molecule has 1 saturated carbocycles. The quantitative estimate of drug-likeness (QED) is 0.776. The molecule has 0 aromatic carbocycles. The van der Waals surface area contributed by atoms with Crippen molar-refractivity contribution in [1.29, 1.82) is 0 Å². The van der Waals surface area contributed by atoms with E-state index in [1.807, 2.05) is 6.92 Å². The number of hydrogen-bond donors (Lipinski definition) is 1. The van der Waals surface area contributed by atoms with Crippen LogP contribution in [0.3, 0.4) is 0 Å². The van der Waals surface area contributed by atoms with Crippen LogP contribution in [0.1, 0.15) is 38.3 Å². The number of nitrogens with one attached hydrogen (secondary N) is 1. The molecule has 1 aliphatic heterocycles. The topological polar surface area (TPSA) is 93.4 Å². The van der Waals surface area contributed by atoms with Crippen molar-refractivity contribution in [3.8, 4) is 0 Å². The van der Waals surface area contributed by atoms with Gasteiger partial charge in [-0.1, -0.05) is 19.8 Å². The molecule has 1 aromatic heterocycles. The lowest BCUT2D eigenvalue weighted by atomic mass is 9.73. The Bertz CT molecular complexity index is 824. The van der Waals surface area contributed by atoms with Crippen molar-refractivity contribution in [3.63, 3.8) is 0 Å². The van der Waals surface area contributed by atoms with Gasteiger partial charge in [0.25, 0.3) is 11.5 Å². The number of urea groups is 1. The van der Waals surface area contributed by atoms with Crippen LogP contribution < -0.4 is 16.6 Å². The van der Waals surface area contributed by atoms with Crippen LogP contribution in [0, 0.1) is 5.92 Å². The number of carbonyl (C=O) groups excluding carboxylic acids is 2. The predicted octanol–water partition coefficient (Wildman–Crippen LogP) is 0.0847. The van der Waals surface area contributed by atoms with Crippen LogP contribution in [0.5, 0.6) is 0 Å². The molecule has 24 heavy (non-hydrogen) atoms. The van der Waals surface area contributed by atoms with E-state index in [4.69, 9.17) is 0 Å². The van der Waals surface area contributed by atoms with Crippen molar-refractivity contribution in [2.45, 2.75) is 44.7 Å². The zero-order valence-electron chi connectivity index (χ0n) is 14.2. The summed E-state index contributed by atoms with van der Waals surface area (Å²) >= 11 is 0. The highest BCUT2D eigenvalue weighted by Gasteiger charge is 2.54. The second-order valence-corrected chi connectivity index (χ2v) is 6.81. The van der Waals surface area contributed by atoms with E-state index >= 15 is 0 Å². The van der Waals surface area contributed by atoms with Gasteiger partial charge in [-0.15, -0.1) is 0 Å². The Hall–Kier alpha value is -2.38. The molecule has 0 bridgehead atoms. The Morgan fingerprint density at radius 3 is 2.54 bits per heavy atom. The van der Waals surface area contributed by atoms with Gasteiger partial charge in [-0.2, -0.15) is 0 Å². The first-order chi connectivity index (χ1) is 11.3. The number of rotatable bonds is 2. The van der Waals surface area contributed by atoms with Gasteiger partial charge in [-0.25, -0.2) is 9.59 Å². The van der Waals surface area contributed by atoms with E-state index in [1.54, 1.807) is 0 Å². The first kappa shape index (κ1) is 16.5. The number of hydrogen-bond acceptors (Lipinski definition) is 4. The largest absolute Gasteiger partial charge is 0.330 e. The van der Waals surface area contributed by atoms with Gasteiger partial charge >= 0.3 is 11.7 Å². The minimum Gasteiger partial charge on any atom is -0.323 e. The molecule has 3 amide bonds. The molecular formula is C16H22N4O4. The molecule has 130 valence electrons. The molecule has 0 radical (unpaired) electrons. The lowest BCUT2D eigenvalue weighted by Gasteiger charge is -2.36. The maximum atomic E-state index is 12.9. The standard InChI is InChI=1S/C16H22N4O4/c1-10-6-4-5-7-16(10)13(22)20(14(23)17-16)9-11-8-12(21)19(3)15(24)18(11)2/h8,10H,4-7,9H2,1-3H3,(H,17,23)/t10-,16-/m0/s1. The molecule has 8 heteroatoms. The van der Waals surface area contributed by atoms with Crippen LogP contribution in [-0.2, 0) is 25.4 Å². The van der Waals surface area contributed by atoms with Gasteiger partial charge in [-0.3, -0.25) is 23.6 Å². The van der Waals surface area contributed by atoms with Gasteiger partial charge in [0.05, 0.1) is 6.54 Å². The summed E-state index contributed by atoms with van der Waals surface area (Å²) in [5.41, 5.74) is -1.44. The highest BCUT2D eigenvalue weighted by molar-refractivity contribution is 6.07. The Morgan fingerprint density at radius 2 is 1.88 bits per heavy atom. The van der Waals surface area contributed by atoms with E-state index in [0.29, 0.717) is 12.1 Å². The average Bonchev–Trinajstić information content (AvgIpc) is 2.78. The van der Waals surface area contributed by atoms with Crippen LogP contribution in [0.25, 0.3) is 0 Å². The Morgan fingerprint density at radius 1 is 1.17 bits per heavy atom. The van der Waals surface area contributed by atoms with Crippen molar-refractivity contribution in [2.24, 2.45) is 20.0 Å². The molecule has 1 N–H and O–H groups in total. The molecule has 2 atom stereocenters. The number of carbonyl (C=O) groups is 2. The van der Waals surface area contributed by atoms with E-state index in [1.165, 1.54) is 24.7 Å². The van der Waals surface area contributed by atoms with E-state index in [9.17, 15) is 19.2 Å². The maximum absolute atomic E-state index is 12.9. The number of nitrogens with zero attached hydrogens (tertiary/aromatic N) is 3. The fourth-order valence-corrected chi connectivity index (χ4v) is 3.73. The van der Waals surface area contributed by atoms with Crippen LogP contribution in [0.2, 0.25) is 0 Å². The first-order valence-corrected chi connectivity index (χ1v) is 8.18. The SMILES string of the molecule is C[C@H]1CCCC[C@]12NC(=O)N(Cc1cc(=O)n(C)c(=O)n1C)C2=O. The van der Waals surface area contributed by atoms with E-state index in [-0.39, 0.29) is 18.4 Å². The zero-order chi connectivity index (χ0) is 17.6. The molecule has 1 aromatic rings. The van der Waals surface area contributed by atoms with E-state index in [2.05, 4.69) is 5.32 Å². The Labute approximate surface area is 139 Å². The average molecular weight is 334 g/mol. The van der Waals surface area contributed by atoms with Gasteiger partial charge in [-0.05, 0) is 18.8 Å². The maximum Gasteiger partial charge on any atom is 0.330 e. The van der Waals surface area contributed by atoms with Crippen molar-refractivity contribution >= 4 is 11.9 Å². The third-order valence-corrected chi connectivity index (χ3v) is 5.45. The lowest BCUT2D eigenvalue weighted by molar-refractivity contribution is -0.134. The minimum atomic E-state index is -0.839. The zero-order valence-corrected chi connectivity index (χ0v) is 14.2. The lowest BCUT2D eigenvalue weighted by Crippen LogP contribution is -2.53. The number of imide groups is 1. The van der Waals surface area contributed by atoms with Crippen LogP contribution in [0.15, 0.2) is 15.7 Å². The van der Waals surface area contributed by atoms with Crippen molar-refractivity contribution in [3.05, 3.63) is 32.6 Å². The monoisotopic (exact) mass is 334 g/mol. The summed E-state index contributed by atoms with van der Waals surface area (Å²) in [6.45, 7) is 1.90.